The maximum Gasteiger partial charge on any atom is 0.343 e. The van der Waals surface area contributed by atoms with E-state index in [1.54, 1.807) is 54.6 Å². The van der Waals surface area contributed by atoms with Crippen LogP contribution in [0.3, 0.4) is 0 Å². The Morgan fingerprint density at radius 2 is 1.67 bits per heavy atom. The molecule has 0 aliphatic carbocycles. The highest BCUT2D eigenvalue weighted by atomic mass is 32.2. The Balaban J connectivity index is 1.75. The highest BCUT2D eigenvalue weighted by molar-refractivity contribution is 7.89. The fourth-order valence-corrected chi connectivity index (χ4v) is 3.32. The highest BCUT2D eigenvalue weighted by Gasteiger charge is 2.14. The Bertz CT molecular complexity index is 1160. The summed E-state index contributed by atoms with van der Waals surface area (Å²) < 4.78 is 35.2. The third-order valence-electron chi connectivity index (χ3n) is 4.12. The minimum absolute atomic E-state index is 0.109. The summed E-state index contributed by atoms with van der Waals surface area (Å²) in [5.41, 5.74) is 1.86. The van der Waals surface area contributed by atoms with Gasteiger partial charge in [0.1, 0.15) is 0 Å². The molecule has 0 bridgehead atoms. The van der Waals surface area contributed by atoms with Crippen molar-refractivity contribution in [2.75, 3.05) is 7.11 Å². The van der Waals surface area contributed by atoms with Gasteiger partial charge in [0.2, 0.25) is 0 Å². The Labute approximate surface area is 175 Å². The number of nitrogens with one attached hydrogen (secondary N) is 1. The molecule has 7 nitrogen and oxygen atoms in total. The van der Waals surface area contributed by atoms with Crippen molar-refractivity contribution in [3.05, 3.63) is 89.5 Å². The smallest absolute Gasteiger partial charge is 0.343 e. The maximum absolute atomic E-state index is 12.3. The van der Waals surface area contributed by atoms with Crippen LogP contribution in [0.2, 0.25) is 0 Å². The number of rotatable bonds is 7. The number of nitrogens with zero attached hydrogens (tertiary/aromatic N) is 1. The summed E-state index contributed by atoms with van der Waals surface area (Å²) in [6.45, 7) is 1.87. The van der Waals surface area contributed by atoms with Crippen molar-refractivity contribution in [2.45, 2.75) is 11.8 Å². The topological polar surface area (TPSA) is 94.1 Å². The zero-order chi connectivity index (χ0) is 21.6. The third-order valence-corrected chi connectivity index (χ3v) is 5.36. The van der Waals surface area contributed by atoms with Crippen LogP contribution in [0.1, 0.15) is 21.5 Å². The first-order chi connectivity index (χ1) is 14.4. The molecule has 0 aliphatic heterocycles. The number of ether oxygens (including phenoxy) is 2. The average molecular weight is 424 g/mol. The predicted molar refractivity (Wildman–Crippen MR) is 113 cm³/mol. The van der Waals surface area contributed by atoms with E-state index in [2.05, 4.69) is 9.93 Å². The number of esters is 1. The number of carbonyl (C=O) groups excluding carboxylic acids is 1. The Hall–Kier alpha value is -3.65. The van der Waals surface area contributed by atoms with Crippen molar-refractivity contribution in [1.29, 1.82) is 0 Å². The second kappa shape index (κ2) is 9.23. The molecule has 3 aromatic rings. The summed E-state index contributed by atoms with van der Waals surface area (Å²) >= 11 is 0. The zero-order valence-electron chi connectivity index (χ0n) is 16.4. The van der Waals surface area contributed by atoms with Crippen LogP contribution in [0.5, 0.6) is 11.5 Å². The van der Waals surface area contributed by atoms with Crippen molar-refractivity contribution >= 4 is 22.2 Å². The van der Waals surface area contributed by atoms with Crippen molar-refractivity contribution in [3.63, 3.8) is 0 Å². The van der Waals surface area contributed by atoms with Gasteiger partial charge in [-0.3, -0.25) is 0 Å². The summed E-state index contributed by atoms with van der Waals surface area (Å²) in [7, 11) is -2.33. The minimum Gasteiger partial charge on any atom is -0.493 e. The van der Waals surface area contributed by atoms with E-state index < -0.39 is 16.0 Å². The van der Waals surface area contributed by atoms with E-state index in [9.17, 15) is 13.2 Å². The van der Waals surface area contributed by atoms with Crippen LogP contribution in [-0.2, 0) is 10.0 Å². The number of hydrogen-bond acceptors (Lipinski definition) is 6. The minimum atomic E-state index is -3.78. The first-order valence-electron chi connectivity index (χ1n) is 8.96. The van der Waals surface area contributed by atoms with Crippen LogP contribution in [0.25, 0.3) is 0 Å². The molecule has 0 saturated heterocycles. The number of hydrogen-bond donors (Lipinski definition) is 1. The molecule has 0 atom stereocenters. The molecule has 0 amide bonds. The Kier molecular flexibility index (Phi) is 6.48. The molecular formula is C22H20N2O5S. The molecule has 30 heavy (non-hydrogen) atoms. The lowest BCUT2D eigenvalue weighted by Crippen LogP contribution is -2.18. The van der Waals surface area contributed by atoms with Gasteiger partial charge in [0.25, 0.3) is 10.0 Å². The van der Waals surface area contributed by atoms with Crippen molar-refractivity contribution < 1.29 is 22.7 Å². The summed E-state index contributed by atoms with van der Waals surface area (Å²) in [5, 5.41) is 3.80. The summed E-state index contributed by atoms with van der Waals surface area (Å²) in [4.78, 5) is 14.6. The van der Waals surface area contributed by atoms with Gasteiger partial charge in [-0.2, -0.15) is 13.5 Å². The van der Waals surface area contributed by atoms with Crippen LogP contribution in [0.15, 0.2) is 82.8 Å². The number of hydrazone groups is 1. The fourth-order valence-electron chi connectivity index (χ4n) is 2.53. The fraction of sp³-hybridized carbons (Fsp3) is 0.0909. The van der Waals surface area contributed by atoms with E-state index in [0.29, 0.717) is 16.9 Å². The SMILES string of the molecule is COc1ccc(C=NNS(=O)(=O)c2ccc(C)cc2)cc1OC(=O)c1ccccc1. The van der Waals surface area contributed by atoms with Gasteiger partial charge >= 0.3 is 5.97 Å². The highest BCUT2D eigenvalue weighted by Crippen LogP contribution is 2.28. The Morgan fingerprint density at radius 3 is 2.33 bits per heavy atom. The quantitative estimate of drug-likeness (QED) is 0.271. The van der Waals surface area contributed by atoms with Crippen LogP contribution >= 0.6 is 0 Å². The Morgan fingerprint density at radius 1 is 0.967 bits per heavy atom. The molecule has 8 heteroatoms. The van der Waals surface area contributed by atoms with Gasteiger partial charge in [0, 0.05) is 0 Å². The molecule has 0 saturated carbocycles. The van der Waals surface area contributed by atoms with Crippen LogP contribution < -0.4 is 14.3 Å². The number of carbonyl (C=O) groups is 1. The number of benzene rings is 3. The number of sulfonamides is 1. The molecule has 3 rings (SSSR count). The molecule has 3 aromatic carbocycles. The lowest BCUT2D eigenvalue weighted by molar-refractivity contribution is 0.0729. The predicted octanol–water partition coefficient (Wildman–Crippen LogP) is 3.54. The van der Waals surface area contributed by atoms with Crippen LogP contribution in [-0.4, -0.2) is 27.7 Å². The standard InChI is InChI=1S/C22H20N2O5S/c1-16-8-11-19(12-9-16)30(26,27)24-23-15-17-10-13-20(28-2)21(14-17)29-22(25)18-6-4-3-5-7-18/h3-15,24H,1-2H3. The van der Waals surface area contributed by atoms with Crippen LogP contribution in [0, 0.1) is 6.92 Å². The van der Waals surface area contributed by atoms with Gasteiger partial charge in [-0.15, -0.1) is 0 Å². The van der Waals surface area contributed by atoms with E-state index >= 15 is 0 Å². The van der Waals surface area contributed by atoms with E-state index in [1.807, 2.05) is 6.92 Å². The number of aryl methyl sites for hydroxylation is 1. The van der Waals surface area contributed by atoms with Crippen molar-refractivity contribution in [3.8, 4) is 11.5 Å². The van der Waals surface area contributed by atoms with Crippen molar-refractivity contribution in [1.82, 2.24) is 4.83 Å². The second-order valence-corrected chi connectivity index (χ2v) is 7.99. The van der Waals surface area contributed by atoms with Gasteiger partial charge in [-0.1, -0.05) is 35.9 Å². The molecule has 0 unspecified atom stereocenters. The van der Waals surface area contributed by atoms with Gasteiger partial charge in [-0.25, -0.2) is 9.63 Å². The average Bonchev–Trinajstić information content (AvgIpc) is 2.75. The van der Waals surface area contributed by atoms with E-state index in [0.717, 1.165) is 5.56 Å². The molecule has 0 radical (unpaired) electrons. The molecule has 0 heterocycles. The normalized spacial score (nSPS) is 11.3. The van der Waals surface area contributed by atoms with Gasteiger partial charge < -0.3 is 9.47 Å². The largest absolute Gasteiger partial charge is 0.493 e. The molecule has 154 valence electrons. The molecule has 0 spiro atoms. The van der Waals surface area contributed by atoms with E-state index in [-0.39, 0.29) is 10.6 Å². The molecule has 0 aromatic heterocycles. The molecule has 1 N–H and O–H groups in total. The lowest BCUT2D eigenvalue weighted by Gasteiger charge is -2.10. The third kappa shape index (κ3) is 5.24. The summed E-state index contributed by atoms with van der Waals surface area (Å²) in [6, 6.07) is 19.7. The van der Waals surface area contributed by atoms with E-state index in [1.165, 1.54) is 31.5 Å². The number of methoxy groups -OCH3 is 1. The summed E-state index contributed by atoms with van der Waals surface area (Å²) in [6.07, 6.45) is 1.31. The molecule has 0 aliphatic rings. The second-order valence-electron chi connectivity index (χ2n) is 6.33. The van der Waals surface area contributed by atoms with Gasteiger partial charge in [0.05, 0.1) is 23.8 Å². The van der Waals surface area contributed by atoms with Crippen LogP contribution in [0.4, 0.5) is 0 Å². The van der Waals surface area contributed by atoms with Gasteiger partial charge in [-0.05, 0) is 55.0 Å². The van der Waals surface area contributed by atoms with Crippen molar-refractivity contribution in [2.24, 2.45) is 5.10 Å². The zero-order valence-corrected chi connectivity index (χ0v) is 17.2. The summed E-state index contributed by atoms with van der Waals surface area (Å²) in [5.74, 6) is 0.0106. The lowest BCUT2D eigenvalue weighted by atomic mass is 10.2. The monoisotopic (exact) mass is 424 g/mol. The maximum atomic E-state index is 12.3. The van der Waals surface area contributed by atoms with E-state index in [4.69, 9.17) is 9.47 Å². The molecular weight excluding hydrogens is 404 g/mol. The molecule has 0 fully saturated rings. The first-order valence-corrected chi connectivity index (χ1v) is 10.4. The first kappa shape index (κ1) is 21.1. The van der Waals surface area contributed by atoms with Gasteiger partial charge in [0.15, 0.2) is 11.5 Å².